The minimum absolute atomic E-state index is 0.209. The van der Waals surface area contributed by atoms with Gasteiger partial charge in [0.05, 0.1) is 16.3 Å². The molecule has 0 unspecified atom stereocenters. The molecule has 0 amide bonds. The van der Waals surface area contributed by atoms with Crippen LogP contribution in [0.4, 0.5) is 14.5 Å². The molecule has 2 aromatic carbocycles. The summed E-state index contributed by atoms with van der Waals surface area (Å²) in [6.45, 7) is 0. The van der Waals surface area contributed by atoms with E-state index >= 15 is 0 Å². The monoisotopic (exact) mass is 306 g/mol. The molecule has 3 rings (SSSR count). The lowest BCUT2D eigenvalue weighted by Crippen LogP contribution is -2.06. The fraction of sp³-hybridized carbons (Fsp3) is 0. The van der Waals surface area contributed by atoms with Crippen molar-refractivity contribution in [1.82, 2.24) is 4.98 Å². The van der Waals surface area contributed by atoms with Gasteiger partial charge in [-0.2, -0.15) is 0 Å². The Morgan fingerprint density at radius 2 is 1.90 bits per heavy atom. The summed E-state index contributed by atoms with van der Waals surface area (Å²) >= 11 is 6.08. The third-order valence-corrected chi connectivity index (χ3v) is 3.55. The molecule has 0 bridgehead atoms. The molecular formula is C15H9ClF2N2O. The molecule has 0 radical (unpaired) electrons. The van der Waals surface area contributed by atoms with Gasteiger partial charge in [-0.05, 0) is 18.2 Å². The first-order valence-corrected chi connectivity index (χ1v) is 6.41. The number of halogens is 3. The maximum Gasteiger partial charge on any atom is 0.198 e. The van der Waals surface area contributed by atoms with Crippen LogP contribution < -0.4 is 5.73 Å². The molecule has 0 saturated heterocycles. The van der Waals surface area contributed by atoms with Crippen molar-refractivity contribution >= 4 is 34.0 Å². The standard InChI is InChI=1S/C15H9ClF2N2O/c16-9-2-1-3-13-14(9)8(6-20-13)15(21)7-4-12(19)11(18)5-10(7)17/h1-6,20H,19H2. The smallest absolute Gasteiger partial charge is 0.198 e. The molecule has 3 aromatic rings. The first-order valence-electron chi connectivity index (χ1n) is 6.04. The zero-order valence-electron chi connectivity index (χ0n) is 10.6. The molecule has 3 N–H and O–H groups in total. The van der Waals surface area contributed by atoms with Crippen molar-refractivity contribution in [3.8, 4) is 0 Å². The van der Waals surface area contributed by atoms with Crippen LogP contribution in [0.5, 0.6) is 0 Å². The van der Waals surface area contributed by atoms with Crippen molar-refractivity contribution in [2.75, 3.05) is 5.73 Å². The quantitative estimate of drug-likeness (QED) is 0.557. The van der Waals surface area contributed by atoms with Crippen LogP contribution in [-0.4, -0.2) is 10.8 Å². The fourth-order valence-corrected chi connectivity index (χ4v) is 2.48. The lowest BCUT2D eigenvalue weighted by Gasteiger charge is -2.05. The van der Waals surface area contributed by atoms with Gasteiger partial charge in [0.25, 0.3) is 0 Å². The number of carbonyl (C=O) groups excluding carboxylic acids is 1. The number of fused-ring (bicyclic) bond motifs is 1. The highest BCUT2D eigenvalue weighted by Crippen LogP contribution is 2.29. The van der Waals surface area contributed by atoms with Crippen molar-refractivity contribution in [2.45, 2.75) is 0 Å². The molecule has 0 aliphatic heterocycles. The Hall–Kier alpha value is -2.40. The minimum atomic E-state index is -0.965. The van der Waals surface area contributed by atoms with Gasteiger partial charge in [-0.3, -0.25) is 4.79 Å². The number of carbonyl (C=O) groups is 1. The topological polar surface area (TPSA) is 58.9 Å². The molecule has 3 nitrogen and oxygen atoms in total. The van der Waals surface area contributed by atoms with E-state index in [1.54, 1.807) is 18.2 Å². The maximum absolute atomic E-state index is 13.8. The maximum atomic E-state index is 13.8. The molecule has 106 valence electrons. The summed E-state index contributed by atoms with van der Waals surface area (Å²) in [6, 6.07) is 6.69. The van der Waals surface area contributed by atoms with Gasteiger partial charge in [-0.1, -0.05) is 17.7 Å². The summed E-state index contributed by atoms with van der Waals surface area (Å²) < 4.78 is 27.0. The number of H-pyrrole nitrogens is 1. The molecule has 0 aliphatic carbocycles. The average Bonchev–Trinajstić information content (AvgIpc) is 2.87. The van der Waals surface area contributed by atoms with Crippen molar-refractivity contribution in [3.05, 3.63) is 64.3 Å². The van der Waals surface area contributed by atoms with E-state index < -0.39 is 17.4 Å². The van der Waals surface area contributed by atoms with Crippen molar-refractivity contribution in [1.29, 1.82) is 0 Å². The highest BCUT2D eigenvalue weighted by Gasteiger charge is 2.20. The van der Waals surface area contributed by atoms with Crippen LogP contribution in [0, 0.1) is 11.6 Å². The number of nitrogens with one attached hydrogen (secondary N) is 1. The Balaban J connectivity index is 2.20. The van der Waals surface area contributed by atoms with Gasteiger partial charge >= 0.3 is 0 Å². The summed E-state index contributed by atoms with van der Waals surface area (Å²) in [5.74, 6) is -2.48. The Labute approximate surface area is 123 Å². The van der Waals surface area contributed by atoms with Gasteiger partial charge in [-0.25, -0.2) is 8.78 Å². The van der Waals surface area contributed by atoms with Crippen molar-refractivity contribution in [2.24, 2.45) is 0 Å². The summed E-state index contributed by atoms with van der Waals surface area (Å²) in [6.07, 6.45) is 1.44. The van der Waals surface area contributed by atoms with Crippen LogP contribution in [0.15, 0.2) is 36.5 Å². The highest BCUT2D eigenvalue weighted by atomic mass is 35.5. The van der Waals surface area contributed by atoms with E-state index in [0.717, 1.165) is 6.07 Å². The van der Waals surface area contributed by atoms with Crippen molar-refractivity contribution in [3.63, 3.8) is 0 Å². The van der Waals surface area contributed by atoms with Crippen LogP contribution in [0.25, 0.3) is 10.9 Å². The number of nitrogen functional groups attached to an aromatic ring is 1. The average molecular weight is 307 g/mol. The Morgan fingerprint density at radius 3 is 2.67 bits per heavy atom. The highest BCUT2D eigenvalue weighted by molar-refractivity contribution is 6.37. The molecule has 0 saturated carbocycles. The first-order chi connectivity index (χ1) is 9.99. The van der Waals surface area contributed by atoms with E-state index in [-0.39, 0.29) is 16.8 Å². The Bertz CT molecular complexity index is 873. The summed E-state index contributed by atoms with van der Waals surface area (Å²) in [5.41, 5.74) is 5.68. The van der Waals surface area contributed by atoms with Gasteiger partial charge in [0.15, 0.2) is 5.78 Å². The number of rotatable bonds is 2. The van der Waals surface area contributed by atoms with Gasteiger partial charge in [0.1, 0.15) is 11.6 Å². The third-order valence-electron chi connectivity index (χ3n) is 3.23. The molecule has 0 atom stereocenters. The number of hydrogen-bond acceptors (Lipinski definition) is 2. The van der Waals surface area contributed by atoms with E-state index in [1.807, 2.05) is 0 Å². The molecule has 0 spiro atoms. The predicted molar refractivity (Wildman–Crippen MR) is 77.5 cm³/mol. The lowest BCUT2D eigenvalue weighted by molar-refractivity contribution is 0.103. The van der Waals surface area contributed by atoms with E-state index in [1.165, 1.54) is 6.20 Å². The number of aromatic nitrogens is 1. The van der Waals surface area contributed by atoms with Gasteiger partial charge < -0.3 is 10.7 Å². The summed E-state index contributed by atoms with van der Waals surface area (Å²) in [7, 11) is 0. The number of anilines is 1. The normalized spacial score (nSPS) is 11.0. The zero-order valence-corrected chi connectivity index (χ0v) is 11.3. The van der Waals surface area contributed by atoms with Crippen molar-refractivity contribution < 1.29 is 13.6 Å². The molecule has 1 aromatic heterocycles. The van der Waals surface area contributed by atoms with E-state index in [2.05, 4.69) is 4.98 Å². The van der Waals surface area contributed by atoms with Crippen LogP contribution in [0.2, 0.25) is 5.02 Å². The predicted octanol–water partition coefficient (Wildman–Crippen LogP) is 3.91. The number of benzene rings is 2. The Morgan fingerprint density at radius 1 is 1.14 bits per heavy atom. The largest absolute Gasteiger partial charge is 0.396 e. The van der Waals surface area contributed by atoms with Crippen LogP contribution in [-0.2, 0) is 0 Å². The van der Waals surface area contributed by atoms with Crippen LogP contribution in [0.3, 0.4) is 0 Å². The SMILES string of the molecule is Nc1cc(C(=O)c2c[nH]c3cccc(Cl)c23)c(F)cc1F. The van der Waals surface area contributed by atoms with E-state index in [0.29, 0.717) is 22.0 Å². The molecule has 0 fully saturated rings. The molecule has 1 heterocycles. The number of nitrogens with two attached hydrogens (primary N) is 1. The van der Waals surface area contributed by atoms with Gasteiger partial charge in [-0.15, -0.1) is 0 Å². The number of ketones is 1. The van der Waals surface area contributed by atoms with Gasteiger partial charge in [0, 0.05) is 28.7 Å². The van der Waals surface area contributed by atoms with E-state index in [4.69, 9.17) is 17.3 Å². The zero-order chi connectivity index (χ0) is 15.1. The minimum Gasteiger partial charge on any atom is -0.396 e. The molecule has 21 heavy (non-hydrogen) atoms. The molecular weight excluding hydrogens is 298 g/mol. The van der Waals surface area contributed by atoms with Crippen LogP contribution in [0.1, 0.15) is 15.9 Å². The first kappa shape index (κ1) is 13.6. The second kappa shape index (κ2) is 4.86. The molecule has 0 aliphatic rings. The Kier molecular flexibility index (Phi) is 3.14. The number of hydrogen-bond donors (Lipinski definition) is 2. The molecule has 6 heteroatoms. The second-order valence-electron chi connectivity index (χ2n) is 4.55. The fourth-order valence-electron chi connectivity index (χ4n) is 2.20. The van der Waals surface area contributed by atoms with Crippen LogP contribution >= 0.6 is 11.6 Å². The van der Waals surface area contributed by atoms with E-state index in [9.17, 15) is 13.6 Å². The third kappa shape index (κ3) is 2.15. The van der Waals surface area contributed by atoms with Gasteiger partial charge in [0.2, 0.25) is 0 Å². The number of aromatic amines is 1. The lowest BCUT2D eigenvalue weighted by atomic mass is 10.0. The second-order valence-corrected chi connectivity index (χ2v) is 4.95. The summed E-state index contributed by atoms with van der Waals surface area (Å²) in [4.78, 5) is 15.4. The summed E-state index contributed by atoms with van der Waals surface area (Å²) in [5, 5.41) is 0.860.